The summed E-state index contributed by atoms with van der Waals surface area (Å²) >= 11 is 18.7. The molecule has 0 fully saturated rings. The molecule has 168 valence electrons. The molecule has 1 heterocycles. The Bertz CT molecular complexity index is 1070. The molecule has 7 nitrogen and oxygen atoms in total. The molecule has 0 aliphatic heterocycles. The molecule has 0 atom stereocenters. The quantitative estimate of drug-likeness (QED) is 0.146. The highest BCUT2D eigenvalue weighted by atomic mass is 79.9. The molecule has 3 rings (SSSR count). The minimum atomic E-state index is -0.262. The topological polar surface area (TPSA) is 85.7 Å². The maximum atomic E-state index is 11.9. The third-order valence-electron chi connectivity index (χ3n) is 3.67. The summed E-state index contributed by atoms with van der Waals surface area (Å²) in [5, 5.41) is 13.3. The number of aryl methyl sites for hydroxylation is 1. The van der Waals surface area contributed by atoms with Gasteiger partial charge in [-0.05, 0) is 48.9 Å². The first-order chi connectivity index (χ1) is 15.4. The highest BCUT2D eigenvalue weighted by molar-refractivity contribution is 9.10. The molecule has 0 saturated carbocycles. The summed E-state index contributed by atoms with van der Waals surface area (Å²) in [7, 11) is 0. The van der Waals surface area contributed by atoms with Gasteiger partial charge in [-0.2, -0.15) is 5.10 Å². The Morgan fingerprint density at radius 3 is 2.53 bits per heavy atom. The van der Waals surface area contributed by atoms with Crippen LogP contribution in [0.2, 0.25) is 10.0 Å². The van der Waals surface area contributed by atoms with Gasteiger partial charge in [0, 0.05) is 4.47 Å². The van der Waals surface area contributed by atoms with Crippen LogP contribution >= 0.6 is 62.2 Å². The van der Waals surface area contributed by atoms with Crippen LogP contribution in [0, 0.1) is 6.92 Å². The maximum absolute atomic E-state index is 11.9. The van der Waals surface area contributed by atoms with Crippen molar-refractivity contribution in [1.82, 2.24) is 15.6 Å². The molecular weight excluding hydrogens is 559 g/mol. The third kappa shape index (κ3) is 7.93. The highest BCUT2D eigenvalue weighted by Gasteiger charge is 2.10. The van der Waals surface area contributed by atoms with Gasteiger partial charge in [-0.1, -0.05) is 62.2 Å². The van der Waals surface area contributed by atoms with Crippen molar-refractivity contribution in [1.29, 1.82) is 0 Å². The molecule has 1 N–H and O–H groups in total. The predicted octanol–water partition coefficient (Wildman–Crippen LogP) is 5.62. The lowest BCUT2D eigenvalue weighted by molar-refractivity contribution is -0.118. The number of hydrazone groups is 1. The first-order valence-electron chi connectivity index (χ1n) is 9.16. The van der Waals surface area contributed by atoms with Crippen molar-refractivity contribution >= 4 is 74.4 Å². The van der Waals surface area contributed by atoms with Crippen molar-refractivity contribution in [2.45, 2.75) is 11.3 Å². The molecule has 0 aliphatic carbocycles. The van der Waals surface area contributed by atoms with Gasteiger partial charge in [0.1, 0.15) is 24.0 Å². The van der Waals surface area contributed by atoms with Gasteiger partial charge in [-0.25, -0.2) is 5.43 Å². The van der Waals surface area contributed by atoms with Crippen LogP contribution in [-0.4, -0.2) is 41.3 Å². The summed E-state index contributed by atoms with van der Waals surface area (Å²) in [5.41, 5.74) is 3.07. The van der Waals surface area contributed by atoms with Gasteiger partial charge < -0.3 is 9.47 Å². The van der Waals surface area contributed by atoms with E-state index in [0.29, 0.717) is 28.0 Å². The van der Waals surface area contributed by atoms with E-state index in [9.17, 15) is 4.79 Å². The molecule has 32 heavy (non-hydrogen) atoms. The number of thioether (sulfide) groups is 1. The number of aromatic nitrogens is 2. The summed E-state index contributed by atoms with van der Waals surface area (Å²) in [4.78, 5) is 11.9. The zero-order chi connectivity index (χ0) is 22.9. The SMILES string of the molecule is Cc1nnc(SCC(=O)N/N=C\c2cc(Cl)c(OCCOc3ccc(Br)cc3)c(Cl)c2)s1. The molecular formula is C20H17BrCl2N4O3S2. The van der Waals surface area contributed by atoms with Crippen LogP contribution in [-0.2, 0) is 4.79 Å². The van der Waals surface area contributed by atoms with Crippen molar-refractivity contribution < 1.29 is 14.3 Å². The largest absolute Gasteiger partial charge is 0.490 e. The smallest absolute Gasteiger partial charge is 0.250 e. The van der Waals surface area contributed by atoms with E-state index in [1.54, 1.807) is 12.1 Å². The Kier molecular flexibility index (Phi) is 9.61. The Balaban J connectivity index is 1.45. The van der Waals surface area contributed by atoms with Gasteiger partial charge >= 0.3 is 0 Å². The van der Waals surface area contributed by atoms with E-state index in [-0.39, 0.29) is 18.3 Å². The Hall–Kier alpha value is -1.85. The fraction of sp³-hybridized carbons (Fsp3) is 0.200. The number of nitrogens with zero attached hydrogens (tertiary/aromatic N) is 3. The molecule has 0 aliphatic rings. The lowest BCUT2D eigenvalue weighted by Gasteiger charge is -2.11. The number of hydrogen-bond acceptors (Lipinski definition) is 8. The van der Waals surface area contributed by atoms with Crippen LogP contribution in [0.25, 0.3) is 0 Å². The standard InChI is InChI=1S/C20H17BrCl2N4O3S2/c1-12-25-27-20(32-12)31-11-18(28)26-24-10-13-8-16(22)19(17(23)9-13)30-7-6-29-15-4-2-14(21)3-5-15/h2-5,8-10H,6-7,11H2,1H3,(H,26,28)/b24-10-. The Morgan fingerprint density at radius 1 is 1.19 bits per heavy atom. The molecule has 2 aromatic carbocycles. The van der Waals surface area contributed by atoms with E-state index in [4.69, 9.17) is 32.7 Å². The molecule has 0 unspecified atom stereocenters. The number of rotatable bonds is 10. The average Bonchev–Trinajstić information content (AvgIpc) is 3.17. The summed E-state index contributed by atoms with van der Waals surface area (Å²) in [6.07, 6.45) is 1.45. The normalized spacial score (nSPS) is 11.0. The zero-order valence-corrected chi connectivity index (χ0v) is 21.4. The number of carbonyl (C=O) groups excluding carboxylic acids is 1. The molecule has 12 heteroatoms. The fourth-order valence-electron chi connectivity index (χ4n) is 2.30. The fourth-order valence-corrected chi connectivity index (χ4v) is 4.79. The summed E-state index contributed by atoms with van der Waals surface area (Å²) in [6, 6.07) is 10.8. The van der Waals surface area contributed by atoms with Gasteiger partial charge in [0.15, 0.2) is 10.1 Å². The molecule has 0 spiro atoms. The van der Waals surface area contributed by atoms with Crippen molar-refractivity contribution in [3.05, 3.63) is 61.5 Å². The van der Waals surface area contributed by atoms with Gasteiger partial charge in [0.2, 0.25) is 0 Å². The number of nitrogens with one attached hydrogen (secondary N) is 1. The summed E-state index contributed by atoms with van der Waals surface area (Å²) in [6.45, 7) is 2.46. The van der Waals surface area contributed by atoms with Crippen LogP contribution in [0.1, 0.15) is 10.6 Å². The Labute approximate surface area is 211 Å². The number of ether oxygens (including phenoxy) is 2. The monoisotopic (exact) mass is 574 g/mol. The van der Waals surface area contributed by atoms with Crippen LogP contribution < -0.4 is 14.9 Å². The van der Waals surface area contributed by atoms with E-state index in [1.165, 1.54) is 29.3 Å². The van der Waals surface area contributed by atoms with Gasteiger partial charge in [0.25, 0.3) is 5.91 Å². The first kappa shape index (κ1) is 24.8. The van der Waals surface area contributed by atoms with Crippen molar-refractivity contribution in [2.24, 2.45) is 5.10 Å². The lowest BCUT2D eigenvalue weighted by atomic mass is 10.2. The van der Waals surface area contributed by atoms with E-state index >= 15 is 0 Å². The number of benzene rings is 2. The third-order valence-corrected chi connectivity index (χ3v) is 6.73. The number of amides is 1. The molecule has 0 bridgehead atoms. The number of carbonyl (C=O) groups is 1. The van der Waals surface area contributed by atoms with Gasteiger partial charge in [-0.15, -0.1) is 10.2 Å². The minimum Gasteiger partial charge on any atom is -0.490 e. The molecule has 0 saturated heterocycles. The minimum absolute atomic E-state index is 0.183. The Morgan fingerprint density at radius 2 is 1.88 bits per heavy atom. The van der Waals surface area contributed by atoms with E-state index in [2.05, 4.69) is 36.7 Å². The summed E-state index contributed by atoms with van der Waals surface area (Å²) < 4.78 is 13.0. The van der Waals surface area contributed by atoms with E-state index in [0.717, 1.165) is 19.6 Å². The van der Waals surface area contributed by atoms with Crippen molar-refractivity contribution in [3.63, 3.8) is 0 Å². The second-order valence-corrected chi connectivity index (χ2v) is 10.3. The highest BCUT2D eigenvalue weighted by Crippen LogP contribution is 2.33. The molecule has 3 aromatic rings. The van der Waals surface area contributed by atoms with Crippen LogP contribution in [0.5, 0.6) is 11.5 Å². The summed E-state index contributed by atoms with van der Waals surface area (Å²) in [5.74, 6) is 1.02. The van der Waals surface area contributed by atoms with Crippen LogP contribution in [0.15, 0.2) is 50.3 Å². The van der Waals surface area contributed by atoms with Crippen molar-refractivity contribution in [2.75, 3.05) is 19.0 Å². The van der Waals surface area contributed by atoms with Gasteiger partial charge in [0.05, 0.1) is 22.0 Å². The maximum Gasteiger partial charge on any atom is 0.250 e. The van der Waals surface area contributed by atoms with E-state index in [1.807, 2.05) is 31.2 Å². The second-order valence-electron chi connectivity index (χ2n) is 6.13. The average molecular weight is 576 g/mol. The number of hydrogen-bond donors (Lipinski definition) is 1. The first-order valence-corrected chi connectivity index (χ1v) is 12.5. The number of halogens is 3. The lowest BCUT2D eigenvalue weighted by Crippen LogP contribution is -2.19. The van der Waals surface area contributed by atoms with Crippen LogP contribution in [0.4, 0.5) is 0 Å². The van der Waals surface area contributed by atoms with Crippen LogP contribution in [0.3, 0.4) is 0 Å². The zero-order valence-electron chi connectivity index (χ0n) is 16.7. The van der Waals surface area contributed by atoms with Crippen molar-refractivity contribution in [3.8, 4) is 11.5 Å². The van der Waals surface area contributed by atoms with E-state index < -0.39 is 0 Å². The van der Waals surface area contributed by atoms with Gasteiger partial charge in [-0.3, -0.25) is 4.79 Å². The second kappa shape index (κ2) is 12.4. The predicted molar refractivity (Wildman–Crippen MR) is 133 cm³/mol. The molecule has 0 radical (unpaired) electrons. The molecule has 1 aromatic heterocycles. The molecule has 1 amide bonds.